The summed E-state index contributed by atoms with van der Waals surface area (Å²) in [5, 5.41) is 0. The molecule has 0 saturated heterocycles. The Bertz CT molecular complexity index is 314. The van der Waals surface area contributed by atoms with E-state index >= 15 is 0 Å². The highest BCUT2D eigenvalue weighted by molar-refractivity contribution is 7.86. The molecule has 0 amide bonds. The molecular weight excluding hydrogens is 236 g/mol. The first-order valence-corrected chi connectivity index (χ1v) is 8.13. The van der Waals surface area contributed by atoms with Crippen LogP contribution in [0.4, 0.5) is 0 Å². The molecule has 0 aromatic rings. The predicted molar refractivity (Wildman–Crippen MR) is 71.2 cm³/mol. The summed E-state index contributed by atoms with van der Waals surface area (Å²) in [7, 11) is -3.39. The maximum Gasteiger partial charge on any atom is 0.264 e. The van der Waals surface area contributed by atoms with Crippen molar-refractivity contribution in [1.29, 1.82) is 0 Å². The van der Waals surface area contributed by atoms with Gasteiger partial charge in [-0.15, -0.1) is 12.3 Å². The first-order chi connectivity index (χ1) is 7.99. The molecule has 0 spiro atoms. The van der Waals surface area contributed by atoms with Crippen LogP contribution in [0.25, 0.3) is 0 Å². The van der Waals surface area contributed by atoms with Gasteiger partial charge in [0.05, 0.1) is 12.4 Å². The van der Waals surface area contributed by atoms with E-state index in [4.69, 9.17) is 10.6 Å². The lowest BCUT2D eigenvalue weighted by Crippen LogP contribution is -2.17. The van der Waals surface area contributed by atoms with Gasteiger partial charge in [-0.1, -0.05) is 45.4 Å². The van der Waals surface area contributed by atoms with Gasteiger partial charge < -0.3 is 0 Å². The third-order valence-corrected chi connectivity index (χ3v) is 3.16. The number of rotatable bonds is 10. The van der Waals surface area contributed by atoms with Crippen LogP contribution in [-0.4, -0.2) is 20.8 Å². The Morgan fingerprint density at radius 2 is 1.76 bits per heavy atom. The molecule has 4 heteroatoms. The van der Waals surface area contributed by atoms with Crippen LogP contribution in [0.2, 0.25) is 0 Å². The normalized spacial score (nSPS) is 13.2. The summed E-state index contributed by atoms with van der Waals surface area (Å²) in [5.74, 6) is 2.46. The van der Waals surface area contributed by atoms with Crippen LogP contribution in [0, 0.1) is 12.3 Å². The van der Waals surface area contributed by atoms with Crippen molar-refractivity contribution in [1.82, 2.24) is 0 Å². The molecule has 3 nitrogen and oxygen atoms in total. The molecule has 1 atom stereocenters. The minimum absolute atomic E-state index is 0.346. The Hall–Kier alpha value is -0.530. The molecule has 1 unspecified atom stereocenters. The second-order valence-electron chi connectivity index (χ2n) is 4.39. The minimum atomic E-state index is -3.39. The van der Waals surface area contributed by atoms with Gasteiger partial charge in [0, 0.05) is 6.42 Å². The van der Waals surface area contributed by atoms with Crippen LogP contribution in [0.15, 0.2) is 0 Å². The van der Waals surface area contributed by atoms with E-state index in [2.05, 4.69) is 12.8 Å². The second-order valence-corrected chi connectivity index (χ2v) is 5.99. The lowest BCUT2D eigenvalue weighted by atomic mass is 10.1. The fraction of sp³-hybridized carbons (Fsp3) is 0.846. The van der Waals surface area contributed by atoms with E-state index < -0.39 is 10.1 Å². The van der Waals surface area contributed by atoms with Gasteiger partial charge >= 0.3 is 0 Å². The van der Waals surface area contributed by atoms with Gasteiger partial charge in [-0.25, -0.2) is 0 Å². The molecule has 0 aromatic heterocycles. The highest BCUT2D eigenvalue weighted by atomic mass is 32.2. The molecular formula is C13H24O3S. The smallest absolute Gasteiger partial charge is 0.264 e. The van der Waals surface area contributed by atoms with Crippen LogP contribution in [-0.2, 0) is 14.3 Å². The average molecular weight is 260 g/mol. The van der Waals surface area contributed by atoms with Gasteiger partial charge in [-0.05, 0) is 6.42 Å². The summed E-state index contributed by atoms with van der Waals surface area (Å²) in [6.07, 6.45) is 14.1. The molecule has 0 aliphatic rings. The fourth-order valence-corrected chi connectivity index (χ4v) is 2.37. The molecule has 0 radical (unpaired) electrons. The summed E-state index contributed by atoms with van der Waals surface area (Å²) >= 11 is 0. The van der Waals surface area contributed by atoms with Gasteiger partial charge in [0.25, 0.3) is 10.1 Å². The molecule has 100 valence electrons. The van der Waals surface area contributed by atoms with Crippen molar-refractivity contribution in [3.05, 3.63) is 0 Å². The SMILES string of the molecule is C#CCC(CCCCCCCC)OS(C)(=O)=O. The first kappa shape index (κ1) is 16.5. The molecule has 0 aliphatic heterocycles. The van der Waals surface area contributed by atoms with Crippen LogP contribution in [0.5, 0.6) is 0 Å². The molecule has 0 rings (SSSR count). The third kappa shape index (κ3) is 11.7. The van der Waals surface area contributed by atoms with Crippen molar-refractivity contribution >= 4 is 10.1 Å². The molecule has 0 heterocycles. The molecule has 17 heavy (non-hydrogen) atoms. The van der Waals surface area contributed by atoms with Crippen molar-refractivity contribution in [3.8, 4) is 12.3 Å². The lowest BCUT2D eigenvalue weighted by molar-refractivity contribution is 0.201. The van der Waals surface area contributed by atoms with Crippen LogP contribution >= 0.6 is 0 Å². The van der Waals surface area contributed by atoms with E-state index in [1.807, 2.05) is 0 Å². The van der Waals surface area contributed by atoms with Crippen molar-refractivity contribution in [2.75, 3.05) is 6.26 Å². The highest BCUT2D eigenvalue weighted by Gasteiger charge is 2.13. The highest BCUT2D eigenvalue weighted by Crippen LogP contribution is 2.13. The Kier molecular flexibility index (Phi) is 9.20. The van der Waals surface area contributed by atoms with Gasteiger partial charge in [-0.2, -0.15) is 8.42 Å². The Morgan fingerprint density at radius 3 is 2.29 bits per heavy atom. The summed E-state index contributed by atoms with van der Waals surface area (Å²) in [6, 6.07) is 0. The van der Waals surface area contributed by atoms with E-state index in [1.54, 1.807) is 0 Å². The van der Waals surface area contributed by atoms with Crippen molar-refractivity contribution in [2.45, 2.75) is 64.4 Å². The average Bonchev–Trinajstić information content (AvgIpc) is 2.21. The topological polar surface area (TPSA) is 43.4 Å². The Balaban J connectivity index is 3.75. The van der Waals surface area contributed by atoms with Crippen molar-refractivity contribution in [2.24, 2.45) is 0 Å². The molecule has 0 aromatic carbocycles. The van der Waals surface area contributed by atoms with Crippen molar-refractivity contribution in [3.63, 3.8) is 0 Å². The largest absolute Gasteiger partial charge is 0.266 e. The lowest BCUT2D eigenvalue weighted by Gasteiger charge is -2.13. The minimum Gasteiger partial charge on any atom is -0.266 e. The fourth-order valence-electron chi connectivity index (χ4n) is 1.72. The maximum absolute atomic E-state index is 11.0. The van der Waals surface area contributed by atoms with Gasteiger partial charge in [0.1, 0.15) is 0 Å². The van der Waals surface area contributed by atoms with Crippen LogP contribution in [0.3, 0.4) is 0 Å². The second kappa shape index (κ2) is 9.49. The zero-order valence-electron chi connectivity index (χ0n) is 10.9. The monoisotopic (exact) mass is 260 g/mol. The van der Waals surface area contributed by atoms with E-state index in [9.17, 15) is 8.42 Å². The molecule has 0 N–H and O–H groups in total. The van der Waals surface area contributed by atoms with Crippen LogP contribution in [0.1, 0.15) is 58.3 Å². The number of hydrogen-bond donors (Lipinski definition) is 0. The summed E-state index contributed by atoms with van der Waals surface area (Å²) in [5.41, 5.74) is 0. The van der Waals surface area contributed by atoms with Gasteiger partial charge in [-0.3, -0.25) is 4.18 Å². The Morgan fingerprint density at radius 1 is 1.18 bits per heavy atom. The summed E-state index contributed by atoms with van der Waals surface area (Å²) < 4.78 is 26.9. The number of unbranched alkanes of at least 4 members (excludes halogenated alkanes) is 5. The van der Waals surface area contributed by atoms with Crippen LogP contribution < -0.4 is 0 Å². The zero-order chi connectivity index (χ0) is 13.1. The van der Waals surface area contributed by atoms with Gasteiger partial charge in [0.2, 0.25) is 0 Å². The van der Waals surface area contributed by atoms with E-state index in [0.29, 0.717) is 6.42 Å². The summed E-state index contributed by atoms with van der Waals surface area (Å²) in [4.78, 5) is 0. The predicted octanol–water partition coefficient (Wildman–Crippen LogP) is 3.11. The van der Waals surface area contributed by atoms with E-state index in [1.165, 1.54) is 25.7 Å². The number of hydrogen-bond acceptors (Lipinski definition) is 3. The molecule has 0 saturated carbocycles. The molecule has 0 aliphatic carbocycles. The van der Waals surface area contributed by atoms with E-state index in [-0.39, 0.29) is 6.10 Å². The molecule has 0 fully saturated rings. The molecule has 0 bridgehead atoms. The quantitative estimate of drug-likeness (QED) is 0.344. The first-order valence-electron chi connectivity index (χ1n) is 6.31. The van der Waals surface area contributed by atoms with Crippen molar-refractivity contribution < 1.29 is 12.6 Å². The van der Waals surface area contributed by atoms with E-state index in [0.717, 1.165) is 25.5 Å². The standard InChI is InChI=1S/C13H24O3S/c1-4-6-7-8-9-10-12-13(11-5-2)16-17(3,14)15/h2,13H,4,6-12H2,1,3H3. The Labute approximate surface area is 106 Å². The maximum atomic E-state index is 11.0. The number of terminal acetylenes is 1. The summed E-state index contributed by atoms with van der Waals surface area (Å²) in [6.45, 7) is 2.18. The zero-order valence-corrected chi connectivity index (χ0v) is 11.8. The third-order valence-electron chi connectivity index (χ3n) is 2.54. The van der Waals surface area contributed by atoms with Gasteiger partial charge in [0.15, 0.2) is 0 Å².